The summed E-state index contributed by atoms with van der Waals surface area (Å²) in [6.45, 7) is 1.04. The Morgan fingerprint density at radius 1 is 1.04 bits per heavy atom. The number of alkyl halides is 3. The van der Waals surface area contributed by atoms with Crippen LogP contribution in [0.4, 0.5) is 28.9 Å². The minimum absolute atomic E-state index is 0.00323. The molecule has 0 heterocycles. The van der Waals surface area contributed by atoms with Crippen molar-refractivity contribution in [1.82, 2.24) is 0 Å². The lowest BCUT2D eigenvalue weighted by atomic mass is 10.1. The number of carbonyl (C=O) groups excluding carboxylic acids is 2. The fourth-order valence-electron chi connectivity index (χ4n) is 2.38. The molecule has 0 saturated carbocycles. The van der Waals surface area contributed by atoms with Crippen LogP contribution in [-0.2, 0) is 15.8 Å². The molecule has 26 heavy (non-hydrogen) atoms. The van der Waals surface area contributed by atoms with E-state index in [0.717, 1.165) is 17.0 Å². The molecule has 8 heteroatoms. The molecule has 0 aliphatic heterocycles. The van der Waals surface area contributed by atoms with Gasteiger partial charge in [0.2, 0.25) is 11.8 Å². The van der Waals surface area contributed by atoms with Gasteiger partial charge < -0.3 is 10.2 Å². The highest BCUT2D eigenvalue weighted by molar-refractivity contribution is 5.95. The molecule has 1 N–H and O–H groups in total. The van der Waals surface area contributed by atoms with E-state index in [1.54, 1.807) is 0 Å². The molecule has 0 saturated heterocycles. The number of hydrogen-bond donors (Lipinski definition) is 1. The maximum absolute atomic E-state index is 13.8. The minimum atomic E-state index is -4.61. The second kappa shape index (κ2) is 7.99. The number of nitrogens with one attached hydrogen (secondary N) is 1. The lowest BCUT2D eigenvalue weighted by Crippen LogP contribution is -2.32. The van der Waals surface area contributed by atoms with E-state index in [9.17, 15) is 27.2 Å². The molecule has 2 rings (SSSR count). The molecule has 0 atom stereocenters. The lowest BCUT2D eigenvalue weighted by molar-refractivity contribution is -0.137. The average molecular weight is 368 g/mol. The minimum Gasteiger partial charge on any atom is -0.325 e. The predicted molar refractivity (Wildman–Crippen MR) is 89.1 cm³/mol. The summed E-state index contributed by atoms with van der Waals surface area (Å²) in [5.74, 6) is -1.84. The Labute approximate surface area is 147 Å². The van der Waals surface area contributed by atoms with Crippen LogP contribution in [0.1, 0.15) is 18.9 Å². The van der Waals surface area contributed by atoms with Crippen LogP contribution in [0.5, 0.6) is 0 Å². The number of amides is 2. The van der Waals surface area contributed by atoms with Crippen molar-refractivity contribution in [1.29, 1.82) is 0 Å². The van der Waals surface area contributed by atoms with Gasteiger partial charge in [-0.25, -0.2) is 4.39 Å². The third-order valence-electron chi connectivity index (χ3n) is 3.59. The van der Waals surface area contributed by atoms with Crippen molar-refractivity contribution < 1.29 is 27.2 Å². The van der Waals surface area contributed by atoms with Crippen molar-refractivity contribution in [3.8, 4) is 0 Å². The fourth-order valence-corrected chi connectivity index (χ4v) is 2.38. The second-order valence-corrected chi connectivity index (χ2v) is 5.46. The lowest BCUT2D eigenvalue weighted by Gasteiger charge is -2.21. The first kappa shape index (κ1) is 19.4. The van der Waals surface area contributed by atoms with E-state index >= 15 is 0 Å². The fraction of sp³-hybridized carbons (Fsp3) is 0.222. The Balaban J connectivity index is 2.09. The van der Waals surface area contributed by atoms with E-state index in [2.05, 4.69) is 5.32 Å². The highest BCUT2D eigenvalue weighted by Gasteiger charge is 2.33. The molecular formula is C18H16F4N2O2. The van der Waals surface area contributed by atoms with Crippen LogP contribution < -0.4 is 10.2 Å². The zero-order chi connectivity index (χ0) is 19.3. The summed E-state index contributed by atoms with van der Waals surface area (Å²) >= 11 is 0. The Bertz CT molecular complexity index is 806. The second-order valence-electron chi connectivity index (χ2n) is 5.46. The molecule has 0 spiro atoms. The van der Waals surface area contributed by atoms with E-state index in [1.807, 2.05) is 0 Å². The first-order valence-electron chi connectivity index (χ1n) is 7.69. The predicted octanol–water partition coefficient (Wildman–Crippen LogP) is 4.23. The highest BCUT2D eigenvalue weighted by atomic mass is 19.4. The van der Waals surface area contributed by atoms with Gasteiger partial charge in [0, 0.05) is 19.9 Å². The van der Waals surface area contributed by atoms with Crippen molar-refractivity contribution in [3.63, 3.8) is 0 Å². The molecule has 0 aliphatic carbocycles. The monoisotopic (exact) mass is 368 g/mol. The summed E-state index contributed by atoms with van der Waals surface area (Å²) in [4.78, 5) is 24.8. The van der Waals surface area contributed by atoms with E-state index in [1.165, 1.54) is 43.3 Å². The largest absolute Gasteiger partial charge is 0.418 e. The van der Waals surface area contributed by atoms with Crippen LogP contribution in [0.25, 0.3) is 0 Å². The van der Waals surface area contributed by atoms with Gasteiger partial charge in [0.1, 0.15) is 5.82 Å². The van der Waals surface area contributed by atoms with Gasteiger partial charge in [-0.05, 0) is 24.3 Å². The summed E-state index contributed by atoms with van der Waals surface area (Å²) in [5.41, 5.74) is -1.33. The van der Waals surface area contributed by atoms with Gasteiger partial charge in [0.15, 0.2) is 0 Å². The number of para-hydroxylation sites is 2. The van der Waals surface area contributed by atoms with Crippen LogP contribution in [0.15, 0.2) is 48.5 Å². The summed E-state index contributed by atoms with van der Waals surface area (Å²) in [5, 5.41) is 2.19. The number of nitrogens with zero attached hydrogens (tertiary/aromatic N) is 1. The molecule has 4 nitrogen and oxygen atoms in total. The third-order valence-corrected chi connectivity index (χ3v) is 3.59. The van der Waals surface area contributed by atoms with E-state index in [0.29, 0.717) is 0 Å². The van der Waals surface area contributed by atoms with Crippen LogP contribution >= 0.6 is 0 Å². The van der Waals surface area contributed by atoms with Crippen LogP contribution in [0.3, 0.4) is 0 Å². The zero-order valence-electron chi connectivity index (χ0n) is 13.8. The van der Waals surface area contributed by atoms with Crippen molar-refractivity contribution in [2.24, 2.45) is 0 Å². The van der Waals surface area contributed by atoms with Gasteiger partial charge in [-0.1, -0.05) is 24.3 Å². The average Bonchev–Trinajstić information content (AvgIpc) is 2.56. The van der Waals surface area contributed by atoms with Gasteiger partial charge in [0.25, 0.3) is 0 Å². The van der Waals surface area contributed by atoms with Gasteiger partial charge in [-0.2, -0.15) is 13.2 Å². The Morgan fingerprint density at radius 2 is 1.65 bits per heavy atom. The van der Waals surface area contributed by atoms with Gasteiger partial charge in [0.05, 0.1) is 16.9 Å². The molecule has 0 aliphatic rings. The normalized spacial score (nSPS) is 11.1. The third kappa shape index (κ3) is 4.81. The van der Waals surface area contributed by atoms with Gasteiger partial charge in [-0.3, -0.25) is 9.59 Å². The van der Waals surface area contributed by atoms with Crippen molar-refractivity contribution in [2.45, 2.75) is 19.5 Å². The van der Waals surface area contributed by atoms with E-state index < -0.39 is 29.4 Å². The molecule has 2 amide bonds. The maximum Gasteiger partial charge on any atom is 0.418 e. The molecule has 0 radical (unpaired) electrons. The molecule has 2 aromatic rings. The smallest absolute Gasteiger partial charge is 0.325 e. The Hall–Kier alpha value is -2.90. The molecular weight excluding hydrogens is 352 g/mol. The number of anilines is 2. The Morgan fingerprint density at radius 3 is 2.27 bits per heavy atom. The topological polar surface area (TPSA) is 49.4 Å². The Kier molecular flexibility index (Phi) is 5.97. The summed E-state index contributed by atoms with van der Waals surface area (Å²) < 4.78 is 52.7. The number of benzene rings is 2. The highest BCUT2D eigenvalue weighted by Crippen LogP contribution is 2.34. The van der Waals surface area contributed by atoms with E-state index in [-0.39, 0.29) is 24.3 Å². The molecule has 0 aromatic heterocycles. The summed E-state index contributed by atoms with van der Waals surface area (Å²) in [6.07, 6.45) is -4.90. The molecule has 0 bridgehead atoms. The maximum atomic E-state index is 13.8. The zero-order valence-corrected chi connectivity index (χ0v) is 13.8. The number of rotatable bonds is 5. The SMILES string of the molecule is CC(=O)N(CCC(=O)Nc1ccccc1C(F)(F)F)c1ccccc1F. The summed E-state index contributed by atoms with van der Waals surface area (Å²) in [6, 6.07) is 10.1. The molecule has 0 unspecified atom stereocenters. The first-order chi connectivity index (χ1) is 12.2. The van der Waals surface area contributed by atoms with Crippen molar-refractivity contribution in [2.75, 3.05) is 16.8 Å². The van der Waals surface area contributed by atoms with E-state index in [4.69, 9.17) is 0 Å². The molecule has 2 aromatic carbocycles. The first-order valence-corrected chi connectivity index (χ1v) is 7.69. The number of carbonyl (C=O) groups is 2. The molecule has 0 fully saturated rings. The van der Waals surface area contributed by atoms with Crippen molar-refractivity contribution >= 4 is 23.2 Å². The molecule has 138 valence electrons. The van der Waals surface area contributed by atoms with Crippen LogP contribution in [0.2, 0.25) is 0 Å². The number of halogens is 4. The van der Waals surface area contributed by atoms with Crippen LogP contribution in [0, 0.1) is 5.82 Å². The van der Waals surface area contributed by atoms with Gasteiger partial charge in [-0.15, -0.1) is 0 Å². The standard InChI is InChI=1S/C18H16F4N2O2/c1-12(25)24(16-9-5-3-7-14(16)19)11-10-17(26)23-15-8-4-2-6-13(15)18(20,21)22/h2-9H,10-11H2,1H3,(H,23,26). The number of hydrogen-bond acceptors (Lipinski definition) is 2. The van der Waals surface area contributed by atoms with Crippen molar-refractivity contribution in [3.05, 3.63) is 59.9 Å². The quantitative estimate of drug-likeness (QED) is 0.803. The van der Waals surface area contributed by atoms with Crippen LogP contribution in [-0.4, -0.2) is 18.4 Å². The summed E-state index contributed by atoms with van der Waals surface area (Å²) in [7, 11) is 0. The van der Waals surface area contributed by atoms with Gasteiger partial charge >= 0.3 is 6.18 Å².